The number of aliphatic hydroxyl groups is 2. The predicted octanol–water partition coefficient (Wildman–Crippen LogP) is 0.203. The summed E-state index contributed by atoms with van der Waals surface area (Å²) in [5, 5.41) is 27.8. The summed E-state index contributed by atoms with van der Waals surface area (Å²) in [5.41, 5.74) is 8.16. The standard InChI is InChI=1S/C24H33N11O4/c1-12-7-15(38-13(12)2)34-10-33-17-21(29-9-31-23(17)34)27-6-5-26-4-3-14-18(36)19(37)24(39-14)35-11-32-16-20(25)28-8-30-22(16)35/h8-15,18-19,24,26,36-37H,3-7H2,1-2H3,(H2,25,28,30)(H,27,29,31)/t12-,13+,14-,15+,18?,19?,24-/m0/s1. The second kappa shape index (κ2) is 10.6. The van der Waals surface area contributed by atoms with Crippen molar-refractivity contribution >= 4 is 34.0 Å². The lowest BCUT2D eigenvalue weighted by Gasteiger charge is -2.16. The molecule has 4 aromatic heterocycles. The zero-order valence-electron chi connectivity index (χ0n) is 21.8. The quantitative estimate of drug-likeness (QED) is 0.181. The lowest BCUT2D eigenvalue weighted by Crippen LogP contribution is -2.34. The van der Waals surface area contributed by atoms with Gasteiger partial charge in [0.15, 0.2) is 34.7 Å². The summed E-state index contributed by atoms with van der Waals surface area (Å²) in [5.74, 6) is 1.38. The van der Waals surface area contributed by atoms with Crippen molar-refractivity contribution in [1.82, 2.24) is 44.4 Å². The van der Waals surface area contributed by atoms with Gasteiger partial charge in [-0.25, -0.2) is 29.9 Å². The lowest BCUT2D eigenvalue weighted by molar-refractivity contribution is -0.0366. The molecule has 7 atom stereocenters. The number of anilines is 2. The number of aliphatic hydroxyl groups excluding tert-OH is 2. The zero-order valence-corrected chi connectivity index (χ0v) is 21.8. The first kappa shape index (κ1) is 25.8. The Hall–Kier alpha value is -3.50. The first-order chi connectivity index (χ1) is 18.9. The number of nitrogens with one attached hydrogen (secondary N) is 2. The normalized spacial score (nSPS) is 29.1. The topological polar surface area (TPSA) is 196 Å². The van der Waals surface area contributed by atoms with Gasteiger partial charge >= 0.3 is 0 Å². The van der Waals surface area contributed by atoms with E-state index in [1.165, 1.54) is 19.0 Å². The second-order valence-corrected chi connectivity index (χ2v) is 10.1. The summed E-state index contributed by atoms with van der Waals surface area (Å²) < 4.78 is 15.6. The van der Waals surface area contributed by atoms with E-state index in [1.807, 2.05) is 4.57 Å². The number of hydrogen-bond acceptors (Lipinski definition) is 13. The molecule has 2 aliphatic heterocycles. The van der Waals surface area contributed by atoms with Crippen molar-refractivity contribution in [2.45, 2.75) is 63.6 Å². The number of ether oxygens (including phenoxy) is 2. The van der Waals surface area contributed by atoms with Gasteiger partial charge in [0.25, 0.3) is 0 Å². The van der Waals surface area contributed by atoms with Crippen LogP contribution in [-0.4, -0.2) is 93.3 Å². The minimum absolute atomic E-state index is 0.0745. The fraction of sp³-hybridized carbons (Fsp3) is 0.583. The van der Waals surface area contributed by atoms with Crippen LogP contribution in [0.5, 0.6) is 0 Å². The molecule has 6 rings (SSSR count). The smallest absolute Gasteiger partial charge is 0.167 e. The molecule has 0 spiro atoms. The Kier molecular flexibility index (Phi) is 6.99. The predicted molar refractivity (Wildman–Crippen MR) is 140 cm³/mol. The van der Waals surface area contributed by atoms with Crippen LogP contribution in [0.4, 0.5) is 11.6 Å². The molecule has 0 aliphatic carbocycles. The summed E-state index contributed by atoms with van der Waals surface area (Å²) in [6.07, 6.45) is 4.08. The van der Waals surface area contributed by atoms with Crippen LogP contribution >= 0.6 is 0 Å². The van der Waals surface area contributed by atoms with E-state index in [0.717, 1.165) is 12.1 Å². The third kappa shape index (κ3) is 4.76. The van der Waals surface area contributed by atoms with E-state index in [1.54, 1.807) is 10.9 Å². The van der Waals surface area contributed by atoms with E-state index in [9.17, 15) is 10.2 Å². The largest absolute Gasteiger partial charge is 0.388 e. The number of nitrogens with two attached hydrogens (primary N) is 1. The Morgan fingerprint density at radius 3 is 2.44 bits per heavy atom. The van der Waals surface area contributed by atoms with E-state index in [-0.39, 0.29) is 18.1 Å². The number of aromatic nitrogens is 8. The van der Waals surface area contributed by atoms with Gasteiger partial charge in [-0.1, -0.05) is 6.92 Å². The van der Waals surface area contributed by atoms with Gasteiger partial charge in [0.2, 0.25) is 0 Å². The van der Waals surface area contributed by atoms with Gasteiger partial charge in [0, 0.05) is 13.1 Å². The maximum atomic E-state index is 10.6. The van der Waals surface area contributed by atoms with Gasteiger partial charge in [-0.05, 0) is 32.2 Å². The van der Waals surface area contributed by atoms with Crippen LogP contribution in [0.3, 0.4) is 0 Å². The van der Waals surface area contributed by atoms with Gasteiger partial charge in [-0.15, -0.1) is 0 Å². The first-order valence-electron chi connectivity index (χ1n) is 13.1. The highest BCUT2D eigenvalue weighted by Crippen LogP contribution is 2.35. The van der Waals surface area contributed by atoms with Gasteiger partial charge in [-0.2, -0.15) is 0 Å². The Balaban J connectivity index is 0.995. The molecule has 0 amide bonds. The Morgan fingerprint density at radius 1 is 0.897 bits per heavy atom. The molecule has 2 fully saturated rings. The van der Waals surface area contributed by atoms with Crippen molar-refractivity contribution in [3.05, 3.63) is 25.3 Å². The Morgan fingerprint density at radius 2 is 1.64 bits per heavy atom. The number of imidazole rings is 2. The minimum atomic E-state index is -1.13. The van der Waals surface area contributed by atoms with E-state index in [0.29, 0.717) is 54.5 Å². The van der Waals surface area contributed by atoms with Crippen molar-refractivity contribution in [1.29, 1.82) is 0 Å². The zero-order chi connectivity index (χ0) is 27.1. The van der Waals surface area contributed by atoms with Crippen LogP contribution in [0, 0.1) is 5.92 Å². The molecular formula is C24H33N11O4. The second-order valence-electron chi connectivity index (χ2n) is 10.1. The molecule has 2 unspecified atom stereocenters. The van der Waals surface area contributed by atoms with Gasteiger partial charge in [0.05, 0.1) is 24.9 Å². The van der Waals surface area contributed by atoms with E-state index in [2.05, 4.69) is 54.4 Å². The van der Waals surface area contributed by atoms with Crippen LogP contribution in [0.15, 0.2) is 25.3 Å². The average molecular weight is 540 g/mol. The highest BCUT2D eigenvalue weighted by Gasteiger charge is 2.44. The summed E-state index contributed by atoms with van der Waals surface area (Å²) in [6, 6.07) is 0. The molecule has 0 aromatic carbocycles. The molecule has 0 saturated carbocycles. The van der Waals surface area contributed by atoms with Crippen molar-refractivity contribution in [2.75, 3.05) is 30.7 Å². The third-order valence-corrected chi connectivity index (χ3v) is 7.61. The SMILES string of the molecule is C[C@H]1C[C@H](n2cnc3c(NCCNCC[C@@H]4O[C@H](n5cnc6c(N)ncnc65)C(O)C4O)ncnc32)O[C@@H]1C. The van der Waals surface area contributed by atoms with E-state index < -0.39 is 24.5 Å². The molecule has 39 heavy (non-hydrogen) atoms. The van der Waals surface area contributed by atoms with Crippen molar-refractivity contribution in [2.24, 2.45) is 5.92 Å². The molecule has 0 radical (unpaired) electrons. The molecule has 208 valence electrons. The molecule has 0 bridgehead atoms. The van der Waals surface area contributed by atoms with Gasteiger partial charge in [0.1, 0.15) is 36.6 Å². The molecule has 15 nitrogen and oxygen atoms in total. The van der Waals surface area contributed by atoms with Crippen LogP contribution in [0.1, 0.15) is 39.1 Å². The average Bonchev–Trinajstić information content (AvgIpc) is 3.69. The van der Waals surface area contributed by atoms with Crippen LogP contribution in [0.2, 0.25) is 0 Å². The highest BCUT2D eigenvalue weighted by molar-refractivity contribution is 5.82. The minimum Gasteiger partial charge on any atom is -0.388 e. The van der Waals surface area contributed by atoms with Gasteiger partial charge < -0.3 is 36.1 Å². The third-order valence-electron chi connectivity index (χ3n) is 7.61. The van der Waals surface area contributed by atoms with E-state index >= 15 is 0 Å². The van der Waals surface area contributed by atoms with Crippen LogP contribution in [-0.2, 0) is 9.47 Å². The summed E-state index contributed by atoms with van der Waals surface area (Å²) in [4.78, 5) is 25.7. The fourth-order valence-corrected chi connectivity index (χ4v) is 5.21. The fourth-order valence-electron chi connectivity index (χ4n) is 5.21. The highest BCUT2D eigenvalue weighted by atomic mass is 16.6. The maximum absolute atomic E-state index is 10.6. The molecule has 15 heteroatoms. The Bertz CT molecular complexity index is 1430. The maximum Gasteiger partial charge on any atom is 0.167 e. The van der Waals surface area contributed by atoms with Crippen molar-refractivity contribution in [3.63, 3.8) is 0 Å². The molecule has 4 aromatic rings. The Labute approximate surface area is 223 Å². The van der Waals surface area contributed by atoms with E-state index in [4.69, 9.17) is 15.2 Å². The molecule has 2 aliphatic rings. The number of fused-ring (bicyclic) bond motifs is 2. The summed E-state index contributed by atoms with van der Waals surface area (Å²) in [7, 11) is 0. The molecular weight excluding hydrogens is 506 g/mol. The van der Waals surface area contributed by atoms with Crippen molar-refractivity contribution < 1.29 is 19.7 Å². The van der Waals surface area contributed by atoms with Gasteiger partial charge in [-0.3, -0.25) is 9.13 Å². The number of nitrogens with zero attached hydrogens (tertiary/aromatic N) is 8. The van der Waals surface area contributed by atoms with Crippen LogP contribution < -0.4 is 16.4 Å². The molecule has 6 N–H and O–H groups in total. The number of rotatable bonds is 9. The number of hydrogen-bond donors (Lipinski definition) is 5. The molecule has 2 saturated heterocycles. The summed E-state index contributed by atoms with van der Waals surface area (Å²) >= 11 is 0. The first-order valence-corrected chi connectivity index (χ1v) is 13.1. The summed E-state index contributed by atoms with van der Waals surface area (Å²) in [6.45, 7) is 6.10. The van der Waals surface area contributed by atoms with Crippen LogP contribution in [0.25, 0.3) is 22.3 Å². The van der Waals surface area contributed by atoms with Crippen molar-refractivity contribution in [3.8, 4) is 0 Å². The monoisotopic (exact) mass is 539 g/mol. The number of nitrogen functional groups attached to an aromatic ring is 1. The lowest BCUT2D eigenvalue weighted by atomic mass is 10.1. The molecule has 6 heterocycles.